The zero-order valence-electron chi connectivity index (χ0n) is 12.4. The Labute approximate surface area is 118 Å². The molecular weight excluding hydrogens is 254 g/mol. The number of rotatable bonds is 2. The van der Waals surface area contributed by atoms with Crippen molar-refractivity contribution in [3.63, 3.8) is 0 Å². The van der Waals surface area contributed by atoms with E-state index in [0.717, 1.165) is 5.69 Å². The molecule has 6 heteroatoms. The van der Waals surface area contributed by atoms with E-state index in [9.17, 15) is 4.79 Å². The van der Waals surface area contributed by atoms with Crippen molar-refractivity contribution in [2.75, 3.05) is 5.32 Å². The van der Waals surface area contributed by atoms with Gasteiger partial charge >= 0.3 is 0 Å². The predicted octanol–water partition coefficient (Wildman–Crippen LogP) is 2.37. The summed E-state index contributed by atoms with van der Waals surface area (Å²) in [5.41, 5.74) is 2.74. The number of H-pyrrole nitrogens is 1. The van der Waals surface area contributed by atoms with Gasteiger partial charge in [-0.1, -0.05) is 20.8 Å². The fraction of sp³-hybridized carbons (Fsp3) is 0.429. The molecule has 0 aliphatic carbocycles. The number of carbonyl (C=O) groups is 1. The molecule has 0 saturated carbocycles. The van der Waals surface area contributed by atoms with E-state index >= 15 is 0 Å². The van der Waals surface area contributed by atoms with Crippen LogP contribution in [0.15, 0.2) is 12.1 Å². The lowest BCUT2D eigenvalue weighted by Crippen LogP contribution is -2.15. The van der Waals surface area contributed by atoms with E-state index in [1.807, 2.05) is 6.07 Å². The van der Waals surface area contributed by atoms with E-state index in [4.69, 9.17) is 0 Å². The van der Waals surface area contributed by atoms with Gasteiger partial charge < -0.3 is 5.32 Å². The maximum absolute atomic E-state index is 12.2. The maximum atomic E-state index is 12.2. The van der Waals surface area contributed by atoms with E-state index in [-0.39, 0.29) is 11.3 Å². The normalized spacial score (nSPS) is 11.4. The number of carbonyl (C=O) groups excluding carboxylic acids is 1. The quantitative estimate of drug-likeness (QED) is 0.879. The van der Waals surface area contributed by atoms with Gasteiger partial charge in [0.1, 0.15) is 0 Å². The lowest BCUT2D eigenvalue weighted by Gasteiger charge is -2.14. The fourth-order valence-electron chi connectivity index (χ4n) is 1.73. The standard InChI is InChI=1S/C14H19N5O/c1-8-6-10(9(2)17-16-8)13(20)15-12-7-11(18-19-12)14(3,4)5/h6-7H,1-5H3,(H2,15,18,19,20). The molecule has 2 rings (SSSR count). The van der Waals surface area contributed by atoms with Gasteiger partial charge in [-0.2, -0.15) is 15.3 Å². The maximum Gasteiger partial charge on any atom is 0.258 e. The van der Waals surface area contributed by atoms with Crippen LogP contribution in [0.2, 0.25) is 0 Å². The summed E-state index contributed by atoms with van der Waals surface area (Å²) in [6.45, 7) is 9.78. The highest BCUT2D eigenvalue weighted by Crippen LogP contribution is 2.22. The van der Waals surface area contributed by atoms with Gasteiger partial charge in [0.05, 0.1) is 17.0 Å². The number of hydrogen-bond donors (Lipinski definition) is 2. The molecule has 0 bridgehead atoms. The van der Waals surface area contributed by atoms with Crippen molar-refractivity contribution in [3.05, 3.63) is 34.8 Å². The van der Waals surface area contributed by atoms with Crippen LogP contribution in [0.5, 0.6) is 0 Å². The lowest BCUT2D eigenvalue weighted by molar-refractivity contribution is 0.102. The molecule has 0 aromatic carbocycles. The minimum Gasteiger partial charge on any atom is -0.305 e. The Bertz CT molecular complexity index is 639. The van der Waals surface area contributed by atoms with Crippen molar-refractivity contribution in [2.24, 2.45) is 0 Å². The van der Waals surface area contributed by atoms with Crippen molar-refractivity contribution in [1.29, 1.82) is 0 Å². The summed E-state index contributed by atoms with van der Waals surface area (Å²) >= 11 is 0. The molecule has 0 aliphatic heterocycles. The average Bonchev–Trinajstić information content (AvgIpc) is 2.80. The molecule has 0 fully saturated rings. The second-order valence-electron chi connectivity index (χ2n) is 5.86. The van der Waals surface area contributed by atoms with E-state index in [2.05, 4.69) is 46.5 Å². The first kappa shape index (κ1) is 14.2. The molecule has 2 N–H and O–H groups in total. The Morgan fingerprint density at radius 1 is 1.20 bits per heavy atom. The first-order valence-electron chi connectivity index (χ1n) is 6.45. The second kappa shape index (κ2) is 5.03. The molecule has 2 aromatic rings. The van der Waals surface area contributed by atoms with Gasteiger partial charge in [0, 0.05) is 17.2 Å². The van der Waals surface area contributed by atoms with E-state index in [0.29, 0.717) is 22.8 Å². The largest absolute Gasteiger partial charge is 0.305 e. The number of nitrogens with zero attached hydrogens (tertiary/aromatic N) is 3. The molecule has 0 atom stereocenters. The molecule has 6 nitrogen and oxygen atoms in total. The molecule has 2 heterocycles. The van der Waals surface area contributed by atoms with E-state index in [1.54, 1.807) is 19.9 Å². The number of aromatic amines is 1. The molecule has 1 amide bonds. The van der Waals surface area contributed by atoms with Crippen molar-refractivity contribution < 1.29 is 4.79 Å². The van der Waals surface area contributed by atoms with Crippen LogP contribution in [0.4, 0.5) is 5.82 Å². The monoisotopic (exact) mass is 273 g/mol. The van der Waals surface area contributed by atoms with E-state index in [1.165, 1.54) is 0 Å². The first-order chi connectivity index (χ1) is 9.27. The Morgan fingerprint density at radius 3 is 2.50 bits per heavy atom. The van der Waals surface area contributed by atoms with Crippen LogP contribution in [0.1, 0.15) is 48.2 Å². The topological polar surface area (TPSA) is 83.6 Å². The number of aromatic nitrogens is 4. The molecular formula is C14H19N5O. The Kier molecular flexibility index (Phi) is 3.57. The minimum absolute atomic E-state index is 0.0410. The van der Waals surface area contributed by atoms with Crippen molar-refractivity contribution in [1.82, 2.24) is 20.4 Å². The van der Waals surface area contributed by atoms with Gasteiger partial charge in [0.2, 0.25) is 0 Å². The van der Waals surface area contributed by atoms with Crippen molar-refractivity contribution in [2.45, 2.75) is 40.0 Å². The van der Waals surface area contributed by atoms with Gasteiger partial charge in [-0.3, -0.25) is 9.89 Å². The number of aryl methyl sites for hydroxylation is 2. The third-order valence-corrected chi connectivity index (χ3v) is 2.97. The molecule has 0 aliphatic rings. The Balaban J connectivity index is 2.20. The van der Waals surface area contributed by atoms with Crippen LogP contribution in [0.25, 0.3) is 0 Å². The van der Waals surface area contributed by atoms with Crippen LogP contribution < -0.4 is 5.32 Å². The third kappa shape index (κ3) is 3.01. The van der Waals surface area contributed by atoms with Crippen molar-refractivity contribution in [3.8, 4) is 0 Å². The highest BCUT2D eigenvalue weighted by atomic mass is 16.1. The summed E-state index contributed by atoms with van der Waals surface area (Å²) in [5.74, 6) is 0.279. The Hall–Kier alpha value is -2.24. The highest BCUT2D eigenvalue weighted by molar-refractivity contribution is 6.04. The number of nitrogens with one attached hydrogen (secondary N) is 2. The predicted molar refractivity (Wildman–Crippen MR) is 76.7 cm³/mol. The van der Waals surface area contributed by atoms with Gasteiger partial charge in [-0.05, 0) is 19.9 Å². The average molecular weight is 273 g/mol. The summed E-state index contributed by atoms with van der Waals surface area (Å²) in [6, 6.07) is 3.56. The van der Waals surface area contributed by atoms with Crippen LogP contribution in [0, 0.1) is 13.8 Å². The first-order valence-corrected chi connectivity index (χ1v) is 6.45. The molecule has 0 unspecified atom stereocenters. The second-order valence-corrected chi connectivity index (χ2v) is 5.86. The van der Waals surface area contributed by atoms with Crippen LogP contribution in [-0.4, -0.2) is 26.3 Å². The summed E-state index contributed by atoms with van der Waals surface area (Å²) in [7, 11) is 0. The fourth-order valence-corrected chi connectivity index (χ4v) is 1.73. The minimum atomic E-state index is -0.229. The molecule has 0 saturated heterocycles. The number of hydrogen-bond acceptors (Lipinski definition) is 4. The highest BCUT2D eigenvalue weighted by Gasteiger charge is 2.18. The molecule has 106 valence electrons. The van der Waals surface area contributed by atoms with Gasteiger partial charge in [0.15, 0.2) is 5.82 Å². The number of amides is 1. The number of anilines is 1. The van der Waals surface area contributed by atoms with Crippen molar-refractivity contribution >= 4 is 11.7 Å². The Morgan fingerprint density at radius 2 is 1.90 bits per heavy atom. The molecule has 20 heavy (non-hydrogen) atoms. The lowest BCUT2D eigenvalue weighted by atomic mass is 9.92. The molecule has 2 aromatic heterocycles. The third-order valence-electron chi connectivity index (χ3n) is 2.97. The van der Waals surface area contributed by atoms with Crippen LogP contribution in [-0.2, 0) is 5.41 Å². The summed E-state index contributed by atoms with van der Waals surface area (Å²) in [4.78, 5) is 12.2. The van der Waals surface area contributed by atoms with E-state index < -0.39 is 0 Å². The van der Waals surface area contributed by atoms with Gasteiger partial charge in [0.25, 0.3) is 5.91 Å². The van der Waals surface area contributed by atoms with Gasteiger partial charge in [-0.25, -0.2) is 0 Å². The molecule has 0 radical (unpaired) electrons. The van der Waals surface area contributed by atoms with Crippen LogP contribution >= 0.6 is 0 Å². The van der Waals surface area contributed by atoms with Crippen LogP contribution in [0.3, 0.4) is 0 Å². The molecule has 0 spiro atoms. The summed E-state index contributed by atoms with van der Waals surface area (Å²) in [5, 5.41) is 17.7. The SMILES string of the molecule is Cc1cc(C(=O)Nc2cc(C(C)(C)C)[nH]n2)c(C)nn1. The summed E-state index contributed by atoms with van der Waals surface area (Å²) < 4.78 is 0. The smallest absolute Gasteiger partial charge is 0.258 e. The summed E-state index contributed by atoms with van der Waals surface area (Å²) in [6.07, 6.45) is 0. The zero-order chi connectivity index (χ0) is 14.9. The zero-order valence-corrected chi connectivity index (χ0v) is 12.4. The van der Waals surface area contributed by atoms with Gasteiger partial charge in [-0.15, -0.1) is 0 Å².